The van der Waals surface area contributed by atoms with Crippen LogP contribution in [0.1, 0.15) is 83.7 Å². The molecule has 0 aliphatic carbocycles. The topological polar surface area (TPSA) is 168 Å². The van der Waals surface area contributed by atoms with Crippen molar-refractivity contribution in [2.75, 3.05) is 73.2 Å². The van der Waals surface area contributed by atoms with E-state index in [-0.39, 0.29) is 111 Å². The van der Waals surface area contributed by atoms with Crippen LogP contribution in [-0.2, 0) is 57.6 Å². The maximum Gasteiger partial charge on any atom is 0.324 e. The number of morpholine rings is 1. The van der Waals surface area contributed by atoms with Gasteiger partial charge in [-0.1, -0.05) is 63.9 Å². The first kappa shape index (κ1) is 66.9. The Morgan fingerprint density at radius 3 is 2.38 bits per heavy atom. The van der Waals surface area contributed by atoms with E-state index in [2.05, 4.69) is 89.2 Å². The highest BCUT2D eigenvalue weighted by Crippen LogP contribution is 2.42. The molecule has 0 spiro atoms. The number of benzene rings is 2. The molecule has 5 atom stereocenters. The molecular weight excluding hydrogens is 1070 g/mol. The van der Waals surface area contributed by atoms with Gasteiger partial charge in [0.2, 0.25) is 11.8 Å². The number of aromatic nitrogens is 2. The van der Waals surface area contributed by atoms with Gasteiger partial charge in [-0.05, 0) is 97.9 Å². The van der Waals surface area contributed by atoms with E-state index in [9.17, 15) is 24.0 Å². The van der Waals surface area contributed by atoms with E-state index < -0.39 is 47.2 Å². The molecule has 3 fully saturated rings. The molecule has 6 bridgehead atoms. The van der Waals surface area contributed by atoms with E-state index in [4.69, 9.17) is 19.2 Å². The van der Waals surface area contributed by atoms with E-state index >= 15 is 0 Å². The largest absolute Gasteiger partial charge is 0.464 e. The summed E-state index contributed by atoms with van der Waals surface area (Å²) < 4.78 is 19.7. The average molecular weight is 1160 g/mol. The molecule has 4 aromatic rings. The summed E-state index contributed by atoms with van der Waals surface area (Å²) in [6.07, 6.45) is 3.72. The minimum absolute atomic E-state index is 0. The van der Waals surface area contributed by atoms with E-state index in [0.29, 0.717) is 65.1 Å². The first-order valence-corrected chi connectivity index (χ1v) is 25.7. The third-order valence-corrected chi connectivity index (χ3v) is 14.7. The number of hydrogen-bond acceptors (Lipinski definition) is 11. The number of likely N-dealkylation sites (N-methyl/N-ethyl adjacent to an activating group) is 1. The summed E-state index contributed by atoms with van der Waals surface area (Å²) in [6.45, 7) is 17.1. The van der Waals surface area contributed by atoms with Crippen LogP contribution >= 0.6 is 67.5 Å². The molecule has 0 radical (unpaired) electrons. The lowest BCUT2D eigenvalue weighted by Gasteiger charge is -2.37. The monoisotopic (exact) mass is 1150 g/mol. The van der Waals surface area contributed by atoms with Gasteiger partial charge in [-0.15, -0.1) is 0 Å². The zero-order valence-corrected chi connectivity index (χ0v) is 50.8. The number of fused-ring (bicyclic) bond motifs is 6. The zero-order valence-electron chi connectivity index (χ0n) is 45.8. The van der Waals surface area contributed by atoms with Crippen molar-refractivity contribution in [1.82, 2.24) is 40.0 Å². The van der Waals surface area contributed by atoms with Crippen molar-refractivity contribution >= 4 is 108 Å². The Kier molecular flexibility index (Phi) is 25.8. The minimum Gasteiger partial charge on any atom is -0.464 e. The fraction of sp³-hybridized carbons (Fsp3) is 0.536. The average Bonchev–Trinajstić information content (AvgIpc) is 4.00. The van der Waals surface area contributed by atoms with Crippen LogP contribution in [0.3, 0.4) is 0 Å². The van der Waals surface area contributed by atoms with Crippen molar-refractivity contribution in [2.45, 2.75) is 104 Å². The van der Waals surface area contributed by atoms with Gasteiger partial charge in [-0.3, -0.25) is 38.9 Å². The number of carbonyl (C=O) groups excluding carboxylic acids is 5. The molecule has 2 N–H and O–H groups in total. The second kappa shape index (κ2) is 29.7. The molecule has 77 heavy (non-hydrogen) atoms. The van der Waals surface area contributed by atoms with Crippen molar-refractivity contribution in [3.8, 4) is 34.2 Å². The van der Waals surface area contributed by atoms with Gasteiger partial charge in [0, 0.05) is 87.9 Å². The number of hydrazine groups is 1. The van der Waals surface area contributed by atoms with Gasteiger partial charge < -0.3 is 33.9 Å². The maximum atomic E-state index is 14.8. The van der Waals surface area contributed by atoms with Gasteiger partial charge >= 0.3 is 5.97 Å². The smallest absolute Gasteiger partial charge is 0.324 e. The molecule has 4 aliphatic heterocycles. The number of methoxy groups -OCH3 is 1. The van der Waals surface area contributed by atoms with Gasteiger partial charge in [-0.2, -0.15) is 67.5 Å². The molecule has 16 nitrogen and oxygen atoms in total. The predicted octanol–water partition coefficient (Wildman–Crippen LogP) is 5.98. The molecule has 2 aromatic carbocycles. The molecule has 21 heteroatoms. The summed E-state index contributed by atoms with van der Waals surface area (Å²) in [5.74, 6) is 3.00. The van der Waals surface area contributed by atoms with Crippen LogP contribution < -0.4 is 10.7 Å². The molecule has 0 saturated carbocycles. The standard InChI is InChI=1S/C56H72N8O8.5H2S/c1-9-63-47-20-19-40-32-43(47)44(51(63)42-16-11-22-57-49(42)37(4)70-8)33-56(5,6)35-72-55(69)45-17-12-24-64(59-45)54(68)46(31-38-14-10-15-39(40)30-38)58-52(66)50(36(2)3)60(7)53(67)41-21-25-62(34-41)48(65)18-13-23-61-26-28-71-29-27-61;;;;;/h10-11,14-16,19-20,22,30,32,36-37,41,45-46,50,59H,9,12,17,21,23-29,31,33-35H2,1-8H3,(H,58,66);5*1H2/t37-,41-,45-,46-,50-;;;;;/m0...../s1. The zero-order chi connectivity index (χ0) is 51.3. The number of nitrogens with one attached hydrogen (secondary N) is 2. The lowest BCUT2D eigenvalue weighted by atomic mass is 9.84. The fourth-order valence-corrected chi connectivity index (χ4v) is 10.8. The molecule has 424 valence electrons. The van der Waals surface area contributed by atoms with Crippen LogP contribution in [-0.4, -0.2) is 150 Å². The van der Waals surface area contributed by atoms with E-state index in [1.165, 1.54) is 9.91 Å². The number of ether oxygens (including phenoxy) is 3. The maximum absolute atomic E-state index is 14.8. The third-order valence-electron chi connectivity index (χ3n) is 14.7. The fourth-order valence-electron chi connectivity index (χ4n) is 10.8. The number of esters is 1. The molecule has 6 heterocycles. The summed E-state index contributed by atoms with van der Waals surface area (Å²) in [5.41, 5.74) is 10.5. The Labute approximate surface area is 490 Å². The number of likely N-dealkylation sites (tertiary alicyclic amines) is 1. The number of rotatable bonds is 10. The van der Waals surface area contributed by atoms with Crippen LogP contribution in [0.2, 0.25) is 0 Å². The number of amides is 4. The lowest BCUT2D eigenvalue weighted by molar-refractivity contribution is -0.155. The first-order valence-electron chi connectivity index (χ1n) is 25.7. The summed E-state index contributed by atoms with van der Waals surface area (Å²) in [6, 6.07) is 15.8. The van der Waals surface area contributed by atoms with E-state index in [1.807, 2.05) is 39.0 Å². The number of cyclic esters (lactones) is 1. The van der Waals surface area contributed by atoms with Gasteiger partial charge in [0.15, 0.2) is 0 Å². The Hall–Kier alpha value is -4.37. The summed E-state index contributed by atoms with van der Waals surface area (Å²) in [7, 11) is 3.31. The van der Waals surface area contributed by atoms with E-state index in [1.54, 1.807) is 25.3 Å². The Morgan fingerprint density at radius 1 is 0.948 bits per heavy atom. The predicted molar refractivity (Wildman–Crippen MR) is 327 cm³/mol. The van der Waals surface area contributed by atoms with Crippen LogP contribution in [0, 0.1) is 29.1 Å². The van der Waals surface area contributed by atoms with Crippen molar-refractivity contribution < 1.29 is 38.2 Å². The van der Waals surface area contributed by atoms with Crippen molar-refractivity contribution in [3.63, 3.8) is 0 Å². The van der Waals surface area contributed by atoms with Crippen molar-refractivity contribution in [2.24, 2.45) is 17.3 Å². The van der Waals surface area contributed by atoms with Gasteiger partial charge in [0.05, 0.1) is 49.8 Å². The van der Waals surface area contributed by atoms with Crippen LogP contribution in [0.4, 0.5) is 0 Å². The molecule has 8 rings (SSSR count). The Balaban J connectivity index is 0.00000312. The summed E-state index contributed by atoms with van der Waals surface area (Å²) in [5, 5.41) is 5.60. The van der Waals surface area contributed by atoms with Crippen LogP contribution in [0.15, 0.2) is 60.8 Å². The quantitative estimate of drug-likeness (QED) is 0.142. The third kappa shape index (κ3) is 15.5. The number of hydrogen-bond donors (Lipinski definition) is 2. The Bertz CT molecular complexity index is 2740. The number of carbonyl (C=O) groups is 5. The molecule has 4 aliphatic rings. The second-order valence-electron chi connectivity index (χ2n) is 20.9. The number of aryl methyl sites for hydroxylation is 1. The summed E-state index contributed by atoms with van der Waals surface area (Å²) in [4.78, 5) is 80.8. The Morgan fingerprint density at radius 2 is 1.68 bits per heavy atom. The van der Waals surface area contributed by atoms with Gasteiger partial charge in [0.25, 0.3) is 11.8 Å². The highest BCUT2D eigenvalue weighted by atomic mass is 32.1. The SMILES string of the molecule is CCn1c(-c2cccnc2[C@H](C)OC)c2c3cc(ccc31)-c1cccc(c1)C[C@H](NC(=O)[C@H](C(C)C)N(C)C(=O)[C@H]1CCN(C(=O)C#CCN3CCOCC3)C1)C(=O)N1CCC[C@H](N1)C(=O)OCC(C)(C)C2.S.S.S.S.S. The van der Waals surface area contributed by atoms with Crippen molar-refractivity contribution in [1.29, 1.82) is 0 Å². The molecule has 4 amide bonds. The molecular formula is C56H82N8O8S5. The van der Waals surface area contributed by atoms with Crippen molar-refractivity contribution in [3.05, 3.63) is 77.6 Å². The minimum atomic E-state index is -1.06. The lowest BCUT2D eigenvalue weighted by Crippen LogP contribution is -2.62. The van der Waals surface area contributed by atoms with E-state index in [0.717, 1.165) is 63.2 Å². The molecule has 3 saturated heterocycles. The van der Waals surface area contributed by atoms with Gasteiger partial charge in [0.1, 0.15) is 18.1 Å². The van der Waals surface area contributed by atoms with Crippen LogP contribution in [0.25, 0.3) is 33.3 Å². The second-order valence-corrected chi connectivity index (χ2v) is 20.9. The van der Waals surface area contributed by atoms with Crippen LogP contribution in [0.5, 0.6) is 0 Å². The summed E-state index contributed by atoms with van der Waals surface area (Å²) >= 11 is 0. The molecule has 2 aromatic heterocycles. The normalized spacial score (nSPS) is 20.2. The van der Waals surface area contributed by atoms with Gasteiger partial charge in [-0.25, -0.2) is 5.43 Å². The number of pyridine rings is 1. The highest BCUT2D eigenvalue weighted by molar-refractivity contribution is 7.60. The molecule has 0 unspecified atom stereocenters. The first-order chi connectivity index (χ1) is 34.6. The number of nitrogens with zero attached hydrogens (tertiary/aromatic N) is 6. The highest BCUT2D eigenvalue weighted by Gasteiger charge is 2.40.